The first-order valence-corrected chi connectivity index (χ1v) is 6.59. The fourth-order valence-electron chi connectivity index (χ4n) is 2.68. The van der Waals surface area contributed by atoms with Crippen molar-refractivity contribution in [3.05, 3.63) is 0 Å². The van der Waals surface area contributed by atoms with Crippen LogP contribution in [0.5, 0.6) is 0 Å². The number of alkyl halides is 2. The minimum Gasteiger partial charge on any atom is -0.320 e. The molecule has 1 saturated carbocycles. The van der Waals surface area contributed by atoms with E-state index in [0.29, 0.717) is 0 Å². The molecule has 0 bridgehead atoms. The van der Waals surface area contributed by atoms with Gasteiger partial charge in [-0.2, -0.15) is 0 Å². The molecule has 1 aliphatic carbocycles. The molecule has 1 aliphatic heterocycles. The largest absolute Gasteiger partial charge is 0.320 e. The Balaban J connectivity index is 2.36. The van der Waals surface area contributed by atoms with Gasteiger partial charge in [0.15, 0.2) is 9.84 Å². The summed E-state index contributed by atoms with van der Waals surface area (Å²) < 4.78 is 48.4. The van der Waals surface area contributed by atoms with Crippen LogP contribution < -0.4 is 5.73 Å². The highest BCUT2D eigenvalue weighted by atomic mass is 32.2. The van der Waals surface area contributed by atoms with E-state index in [1.807, 2.05) is 0 Å². The highest BCUT2D eigenvalue weighted by Gasteiger charge is 2.76. The summed E-state index contributed by atoms with van der Waals surface area (Å²) in [5.74, 6) is -3.56. The average molecular weight is 239 g/mol. The first kappa shape index (κ1) is 11.3. The fourth-order valence-corrected chi connectivity index (χ4v) is 4.51. The Morgan fingerprint density at radius 2 is 1.80 bits per heavy atom. The summed E-state index contributed by atoms with van der Waals surface area (Å²) in [5.41, 5.74) is 4.01. The second kappa shape index (κ2) is 2.53. The molecule has 6 heteroatoms. The molecule has 3 nitrogen and oxygen atoms in total. The molecule has 2 fully saturated rings. The summed E-state index contributed by atoms with van der Waals surface area (Å²) in [6.07, 6.45) is -0.134. The lowest BCUT2D eigenvalue weighted by atomic mass is 9.84. The summed E-state index contributed by atoms with van der Waals surface area (Å²) >= 11 is 0. The molecule has 88 valence electrons. The number of hydrogen-bond acceptors (Lipinski definition) is 3. The normalized spacial score (nSPS) is 45.3. The van der Waals surface area contributed by atoms with Crippen molar-refractivity contribution in [3.63, 3.8) is 0 Å². The number of rotatable bonds is 1. The molecule has 2 N–H and O–H groups in total. The maximum absolute atomic E-state index is 13.1. The summed E-state index contributed by atoms with van der Waals surface area (Å²) in [5, 5.41) is 0. The van der Waals surface area contributed by atoms with E-state index in [4.69, 9.17) is 5.73 Å². The maximum atomic E-state index is 13.1. The second-order valence-corrected chi connectivity index (χ2v) is 7.88. The van der Waals surface area contributed by atoms with E-state index in [-0.39, 0.29) is 18.6 Å². The van der Waals surface area contributed by atoms with Crippen LogP contribution >= 0.6 is 0 Å². The van der Waals surface area contributed by atoms with Gasteiger partial charge in [-0.05, 0) is 20.3 Å². The van der Waals surface area contributed by atoms with E-state index in [0.717, 1.165) is 0 Å². The number of sulfone groups is 1. The summed E-state index contributed by atoms with van der Waals surface area (Å²) in [4.78, 5) is 0. The molecule has 1 saturated heterocycles. The highest BCUT2D eigenvalue weighted by Crippen LogP contribution is 2.61. The number of nitrogens with two attached hydrogens (primary N) is 1. The molecule has 0 aromatic rings. The summed E-state index contributed by atoms with van der Waals surface area (Å²) in [6, 6.07) is 0. The summed E-state index contributed by atoms with van der Waals surface area (Å²) in [6.45, 7) is 3.01. The van der Waals surface area contributed by atoms with E-state index in [1.54, 1.807) is 0 Å². The van der Waals surface area contributed by atoms with Gasteiger partial charge in [0.05, 0.1) is 16.0 Å². The third kappa shape index (κ3) is 1.21. The lowest BCUT2D eigenvalue weighted by Gasteiger charge is -2.30. The lowest BCUT2D eigenvalue weighted by Crippen LogP contribution is -2.48. The van der Waals surface area contributed by atoms with Crippen LogP contribution in [0.2, 0.25) is 0 Å². The zero-order valence-corrected chi connectivity index (χ0v) is 9.57. The predicted molar refractivity (Wildman–Crippen MR) is 52.5 cm³/mol. The van der Waals surface area contributed by atoms with Crippen LogP contribution in [-0.2, 0) is 9.84 Å². The summed E-state index contributed by atoms with van der Waals surface area (Å²) in [7, 11) is -3.28. The Labute approximate surface area is 87.9 Å². The molecule has 1 heterocycles. The second-order valence-electron chi connectivity index (χ2n) is 5.19. The van der Waals surface area contributed by atoms with Gasteiger partial charge in [-0.1, -0.05) is 0 Å². The monoisotopic (exact) mass is 239 g/mol. The standard InChI is InChI=1S/C9H15F2NO2S/c1-7(2)6(3-4-15(7,13)14)8(12)5-9(8,10)11/h6H,3-5,12H2,1-2H3. The molecule has 2 atom stereocenters. The van der Waals surface area contributed by atoms with Crippen molar-refractivity contribution in [2.75, 3.05) is 5.75 Å². The van der Waals surface area contributed by atoms with Gasteiger partial charge in [-0.15, -0.1) is 0 Å². The molecule has 0 spiro atoms. The van der Waals surface area contributed by atoms with E-state index >= 15 is 0 Å². The third-order valence-corrected chi connectivity index (χ3v) is 6.67. The smallest absolute Gasteiger partial charge is 0.268 e. The zero-order valence-electron chi connectivity index (χ0n) is 8.76. The first-order chi connectivity index (χ1) is 6.55. The highest BCUT2D eigenvalue weighted by molar-refractivity contribution is 7.93. The van der Waals surface area contributed by atoms with Gasteiger partial charge < -0.3 is 5.73 Å². The van der Waals surface area contributed by atoms with Gasteiger partial charge in [0, 0.05) is 12.3 Å². The van der Waals surface area contributed by atoms with Gasteiger partial charge in [-0.3, -0.25) is 0 Å². The Kier molecular flexibility index (Phi) is 1.90. The minimum absolute atomic E-state index is 0.0281. The average Bonchev–Trinajstić information content (AvgIpc) is 2.40. The van der Waals surface area contributed by atoms with Gasteiger partial charge in [-0.25, -0.2) is 17.2 Å². The van der Waals surface area contributed by atoms with Crippen LogP contribution in [0, 0.1) is 5.92 Å². The van der Waals surface area contributed by atoms with Crippen LogP contribution in [0.4, 0.5) is 8.78 Å². The van der Waals surface area contributed by atoms with Gasteiger partial charge in [0.25, 0.3) is 5.92 Å². The van der Waals surface area contributed by atoms with Crippen molar-refractivity contribution >= 4 is 9.84 Å². The Bertz CT molecular complexity index is 404. The van der Waals surface area contributed by atoms with Crippen molar-refractivity contribution in [1.29, 1.82) is 0 Å². The van der Waals surface area contributed by atoms with Crippen LogP contribution in [0.3, 0.4) is 0 Å². The third-order valence-electron chi connectivity index (χ3n) is 4.01. The topological polar surface area (TPSA) is 60.2 Å². The van der Waals surface area contributed by atoms with Crippen LogP contribution in [-0.4, -0.2) is 30.4 Å². The van der Waals surface area contributed by atoms with Crippen molar-refractivity contribution in [3.8, 4) is 0 Å². The van der Waals surface area contributed by atoms with Crippen molar-refractivity contribution in [2.45, 2.75) is 42.9 Å². The molecule has 2 unspecified atom stereocenters. The molecule has 0 aromatic heterocycles. The van der Waals surface area contributed by atoms with E-state index in [9.17, 15) is 17.2 Å². The van der Waals surface area contributed by atoms with E-state index < -0.39 is 32.0 Å². The van der Waals surface area contributed by atoms with Gasteiger partial charge in [0.2, 0.25) is 0 Å². The first-order valence-electron chi connectivity index (χ1n) is 4.94. The number of halogens is 2. The SMILES string of the molecule is CC1(C)C(C2(N)CC2(F)F)CCS1(=O)=O. The van der Waals surface area contributed by atoms with E-state index in [2.05, 4.69) is 0 Å². The van der Waals surface area contributed by atoms with Crippen LogP contribution in [0.25, 0.3) is 0 Å². The lowest BCUT2D eigenvalue weighted by molar-refractivity contribution is 0.0673. The predicted octanol–water partition coefficient (Wildman–Crippen LogP) is 0.936. The molecular formula is C9H15F2NO2S. The Morgan fingerprint density at radius 1 is 1.33 bits per heavy atom. The molecule has 2 rings (SSSR count). The van der Waals surface area contributed by atoms with Crippen LogP contribution in [0.15, 0.2) is 0 Å². The molecule has 0 radical (unpaired) electrons. The van der Waals surface area contributed by atoms with Crippen molar-refractivity contribution in [2.24, 2.45) is 11.7 Å². The minimum atomic E-state index is -3.28. The number of hydrogen-bond donors (Lipinski definition) is 1. The molecule has 15 heavy (non-hydrogen) atoms. The van der Waals surface area contributed by atoms with Crippen LogP contribution in [0.1, 0.15) is 26.7 Å². The van der Waals surface area contributed by atoms with Gasteiger partial charge in [0.1, 0.15) is 0 Å². The van der Waals surface area contributed by atoms with E-state index in [1.165, 1.54) is 13.8 Å². The molecule has 0 amide bonds. The Morgan fingerprint density at radius 3 is 2.07 bits per heavy atom. The van der Waals surface area contributed by atoms with Gasteiger partial charge >= 0.3 is 0 Å². The fraction of sp³-hybridized carbons (Fsp3) is 1.00. The van der Waals surface area contributed by atoms with Crippen molar-refractivity contribution in [1.82, 2.24) is 0 Å². The maximum Gasteiger partial charge on any atom is 0.268 e. The Hall–Kier alpha value is -0.230. The molecule has 2 aliphatic rings. The quantitative estimate of drug-likeness (QED) is 0.740. The zero-order chi connectivity index (χ0) is 11.7. The molecule has 0 aromatic carbocycles. The van der Waals surface area contributed by atoms with Crippen molar-refractivity contribution < 1.29 is 17.2 Å². The molecular weight excluding hydrogens is 224 g/mol.